The standard InChI is InChI=1S/C13H5Cl4N/c14-6-1-2-8-9(3-6)13(17)18-11-5-7(15)4-10(16)12(8)11/h1-5H. The number of nitrogens with zero attached hydrogens (tertiary/aromatic N) is 1. The molecule has 0 bridgehead atoms. The fraction of sp³-hybridized carbons (Fsp3) is 0. The number of rotatable bonds is 0. The first-order valence-corrected chi connectivity index (χ1v) is 6.61. The summed E-state index contributed by atoms with van der Waals surface area (Å²) >= 11 is 24.3. The van der Waals surface area contributed by atoms with E-state index in [1.54, 1.807) is 24.3 Å². The Labute approximate surface area is 123 Å². The van der Waals surface area contributed by atoms with Crippen molar-refractivity contribution in [2.24, 2.45) is 0 Å². The molecule has 1 heterocycles. The minimum atomic E-state index is 0.387. The van der Waals surface area contributed by atoms with Crippen molar-refractivity contribution in [2.75, 3.05) is 0 Å². The Balaban J connectivity index is 2.60. The Hall–Kier alpha value is -0.730. The number of hydrogen-bond acceptors (Lipinski definition) is 1. The largest absolute Gasteiger partial charge is 0.235 e. The summed E-state index contributed by atoms with van der Waals surface area (Å²) in [5, 5.41) is 4.60. The smallest absolute Gasteiger partial charge is 0.137 e. The molecule has 5 heteroatoms. The van der Waals surface area contributed by atoms with Crippen molar-refractivity contribution in [1.29, 1.82) is 0 Å². The van der Waals surface area contributed by atoms with Gasteiger partial charge in [-0.15, -0.1) is 0 Å². The van der Waals surface area contributed by atoms with Crippen LogP contribution >= 0.6 is 46.4 Å². The van der Waals surface area contributed by atoms with Crippen LogP contribution < -0.4 is 0 Å². The molecule has 90 valence electrons. The van der Waals surface area contributed by atoms with Gasteiger partial charge in [0.2, 0.25) is 0 Å². The molecule has 0 radical (unpaired) electrons. The number of pyridine rings is 1. The van der Waals surface area contributed by atoms with Gasteiger partial charge < -0.3 is 0 Å². The van der Waals surface area contributed by atoms with Crippen LogP contribution in [-0.4, -0.2) is 4.98 Å². The third kappa shape index (κ3) is 1.92. The maximum atomic E-state index is 6.23. The maximum absolute atomic E-state index is 6.23. The van der Waals surface area contributed by atoms with E-state index in [2.05, 4.69) is 4.98 Å². The Bertz CT molecular complexity index is 783. The first kappa shape index (κ1) is 12.3. The molecule has 0 aliphatic heterocycles. The van der Waals surface area contributed by atoms with E-state index in [1.165, 1.54) is 0 Å². The van der Waals surface area contributed by atoms with Crippen LogP contribution in [0.15, 0.2) is 30.3 Å². The van der Waals surface area contributed by atoms with E-state index < -0.39 is 0 Å². The first-order chi connectivity index (χ1) is 8.56. The van der Waals surface area contributed by atoms with Gasteiger partial charge in [0.1, 0.15) is 5.15 Å². The van der Waals surface area contributed by atoms with Gasteiger partial charge in [0.15, 0.2) is 0 Å². The Morgan fingerprint density at radius 3 is 2.33 bits per heavy atom. The molecule has 0 aliphatic rings. The summed E-state index contributed by atoms with van der Waals surface area (Å²) in [5.41, 5.74) is 0.673. The zero-order valence-corrected chi connectivity index (χ0v) is 11.9. The molecule has 0 amide bonds. The third-order valence-corrected chi connectivity index (χ3v) is 3.77. The topological polar surface area (TPSA) is 12.9 Å². The number of fused-ring (bicyclic) bond motifs is 3. The summed E-state index contributed by atoms with van der Waals surface area (Å²) in [5.74, 6) is 0. The molecular formula is C13H5Cl4N. The highest BCUT2D eigenvalue weighted by molar-refractivity contribution is 6.42. The molecule has 0 unspecified atom stereocenters. The van der Waals surface area contributed by atoms with Crippen LogP contribution in [0.4, 0.5) is 0 Å². The van der Waals surface area contributed by atoms with E-state index in [0.717, 1.165) is 16.2 Å². The molecule has 0 saturated heterocycles. The molecule has 1 nitrogen and oxygen atoms in total. The van der Waals surface area contributed by atoms with Gasteiger partial charge in [-0.25, -0.2) is 4.98 Å². The fourth-order valence-electron chi connectivity index (χ4n) is 1.99. The molecule has 0 aliphatic carbocycles. The summed E-state index contributed by atoms with van der Waals surface area (Å²) in [6.45, 7) is 0. The third-order valence-electron chi connectivity index (χ3n) is 2.73. The molecule has 0 N–H and O–H groups in total. The molecule has 3 aromatic rings. The van der Waals surface area contributed by atoms with Gasteiger partial charge in [0.05, 0.1) is 10.5 Å². The normalized spacial score (nSPS) is 11.3. The fourth-order valence-corrected chi connectivity index (χ4v) is 2.99. The lowest BCUT2D eigenvalue weighted by Crippen LogP contribution is -1.86. The van der Waals surface area contributed by atoms with Crippen molar-refractivity contribution in [2.45, 2.75) is 0 Å². The van der Waals surface area contributed by atoms with Crippen molar-refractivity contribution in [3.8, 4) is 0 Å². The number of halogens is 4. The SMILES string of the molecule is Clc1cc(Cl)c2c(c1)nc(Cl)c1cc(Cl)ccc12. The summed E-state index contributed by atoms with van der Waals surface area (Å²) < 4.78 is 0. The summed E-state index contributed by atoms with van der Waals surface area (Å²) in [7, 11) is 0. The second kappa shape index (κ2) is 4.43. The minimum Gasteiger partial charge on any atom is -0.235 e. The number of benzene rings is 2. The number of aromatic nitrogens is 1. The first-order valence-electron chi connectivity index (χ1n) is 5.10. The lowest BCUT2D eigenvalue weighted by molar-refractivity contribution is 1.44. The lowest BCUT2D eigenvalue weighted by atomic mass is 10.1. The predicted molar refractivity (Wildman–Crippen MR) is 79.3 cm³/mol. The molecule has 0 spiro atoms. The van der Waals surface area contributed by atoms with Gasteiger partial charge >= 0.3 is 0 Å². The average Bonchev–Trinajstić information content (AvgIpc) is 2.29. The van der Waals surface area contributed by atoms with Crippen molar-refractivity contribution >= 4 is 68.1 Å². The van der Waals surface area contributed by atoms with Crippen molar-refractivity contribution in [1.82, 2.24) is 4.98 Å². The summed E-state index contributed by atoms with van der Waals surface area (Å²) in [4.78, 5) is 4.30. The molecule has 18 heavy (non-hydrogen) atoms. The van der Waals surface area contributed by atoms with Crippen LogP contribution in [0.3, 0.4) is 0 Å². The van der Waals surface area contributed by atoms with Gasteiger partial charge in [0, 0.05) is 20.8 Å². The number of hydrogen-bond donors (Lipinski definition) is 0. The monoisotopic (exact) mass is 315 g/mol. The van der Waals surface area contributed by atoms with Crippen LogP contribution in [-0.2, 0) is 0 Å². The van der Waals surface area contributed by atoms with Crippen LogP contribution in [0, 0.1) is 0 Å². The van der Waals surface area contributed by atoms with Gasteiger partial charge in [0.25, 0.3) is 0 Å². The second-order valence-corrected chi connectivity index (χ2v) is 5.51. The maximum Gasteiger partial charge on any atom is 0.137 e. The van der Waals surface area contributed by atoms with Gasteiger partial charge in [-0.3, -0.25) is 0 Å². The lowest BCUT2D eigenvalue weighted by Gasteiger charge is -2.08. The highest BCUT2D eigenvalue weighted by atomic mass is 35.5. The van der Waals surface area contributed by atoms with Crippen LogP contribution in [0.25, 0.3) is 21.7 Å². The van der Waals surface area contributed by atoms with Gasteiger partial charge in [-0.05, 0) is 29.7 Å². The van der Waals surface area contributed by atoms with Gasteiger partial charge in [-0.2, -0.15) is 0 Å². The van der Waals surface area contributed by atoms with Crippen LogP contribution in [0.1, 0.15) is 0 Å². The average molecular weight is 317 g/mol. The van der Waals surface area contributed by atoms with E-state index in [-0.39, 0.29) is 0 Å². The molecular weight excluding hydrogens is 312 g/mol. The Morgan fingerprint density at radius 2 is 1.56 bits per heavy atom. The van der Waals surface area contributed by atoms with E-state index in [9.17, 15) is 0 Å². The molecule has 0 saturated carbocycles. The van der Waals surface area contributed by atoms with E-state index in [0.29, 0.717) is 25.7 Å². The highest BCUT2D eigenvalue weighted by Crippen LogP contribution is 2.36. The molecule has 1 aromatic heterocycles. The highest BCUT2D eigenvalue weighted by Gasteiger charge is 2.11. The molecule has 3 rings (SSSR count). The van der Waals surface area contributed by atoms with E-state index in [1.807, 2.05) is 6.07 Å². The van der Waals surface area contributed by atoms with Crippen molar-refractivity contribution in [3.05, 3.63) is 50.6 Å². The zero-order chi connectivity index (χ0) is 12.9. The molecule has 0 atom stereocenters. The van der Waals surface area contributed by atoms with Gasteiger partial charge in [-0.1, -0.05) is 52.5 Å². The Kier molecular flexibility index (Phi) is 3.03. The van der Waals surface area contributed by atoms with Crippen LogP contribution in [0.2, 0.25) is 20.2 Å². The molecule has 0 fully saturated rings. The van der Waals surface area contributed by atoms with E-state index in [4.69, 9.17) is 46.4 Å². The molecule has 2 aromatic carbocycles. The van der Waals surface area contributed by atoms with Crippen molar-refractivity contribution < 1.29 is 0 Å². The predicted octanol–water partition coefficient (Wildman–Crippen LogP) is 6.00. The quantitative estimate of drug-likeness (QED) is 0.366. The minimum absolute atomic E-state index is 0.387. The summed E-state index contributed by atoms with van der Waals surface area (Å²) in [6.07, 6.45) is 0. The Morgan fingerprint density at radius 1 is 0.778 bits per heavy atom. The van der Waals surface area contributed by atoms with E-state index >= 15 is 0 Å². The second-order valence-electron chi connectivity index (χ2n) is 3.87. The summed E-state index contributed by atoms with van der Waals surface area (Å²) in [6, 6.07) is 8.88. The zero-order valence-electron chi connectivity index (χ0n) is 8.85. The van der Waals surface area contributed by atoms with Crippen molar-refractivity contribution in [3.63, 3.8) is 0 Å². The van der Waals surface area contributed by atoms with Crippen LogP contribution in [0.5, 0.6) is 0 Å².